The predicted octanol–water partition coefficient (Wildman–Crippen LogP) is 0.805. The summed E-state index contributed by atoms with van der Waals surface area (Å²) in [5.74, 6) is -0.864. The molecule has 0 bridgehead atoms. The third-order valence-corrected chi connectivity index (χ3v) is 3.75. The van der Waals surface area contributed by atoms with E-state index in [9.17, 15) is 9.90 Å². The van der Waals surface area contributed by atoms with Crippen LogP contribution in [0.2, 0.25) is 0 Å². The summed E-state index contributed by atoms with van der Waals surface area (Å²) in [6.07, 6.45) is 3.29. The number of carbonyl (C=O) groups is 1. The average Bonchev–Trinajstić information content (AvgIpc) is 2.39. The third kappa shape index (κ3) is 2.23. The Morgan fingerprint density at radius 3 is 2.67 bits per heavy atom. The number of carboxylic acid groups (broad SMARTS) is 1. The molecule has 0 spiro atoms. The topological polar surface area (TPSA) is 79.5 Å². The Labute approximate surface area is 107 Å². The minimum atomic E-state index is -1.07. The number of likely N-dealkylation sites (tertiary alicyclic amines) is 1. The Hall–Kier alpha value is -1.46. The number of carboxylic acids is 1. The van der Waals surface area contributed by atoms with E-state index in [0.29, 0.717) is 18.8 Å². The van der Waals surface area contributed by atoms with Crippen LogP contribution in [0.4, 0.5) is 0 Å². The normalized spacial score (nSPS) is 21.4. The van der Waals surface area contributed by atoms with Crippen LogP contribution in [0.1, 0.15) is 25.5 Å². The minimum Gasteiger partial charge on any atom is -0.480 e. The first-order chi connectivity index (χ1) is 8.55. The molecule has 3 N–H and O–H groups in total. The molecule has 1 saturated heterocycles. The smallest absolute Gasteiger partial charge is 0.330 e. The van der Waals surface area contributed by atoms with Crippen LogP contribution in [0, 0.1) is 0 Å². The fourth-order valence-electron chi connectivity index (χ4n) is 2.40. The number of hydrogen-bond donors (Lipinski definition) is 2. The molecule has 1 fully saturated rings. The van der Waals surface area contributed by atoms with Crippen LogP contribution >= 0.6 is 0 Å². The molecule has 2 heterocycles. The summed E-state index contributed by atoms with van der Waals surface area (Å²) in [5.41, 5.74) is 5.37. The maximum Gasteiger partial charge on any atom is 0.330 e. The highest BCUT2D eigenvalue weighted by molar-refractivity contribution is 5.79. The Morgan fingerprint density at radius 1 is 1.50 bits per heavy atom. The SMILES string of the molecule is CC(C(=O)O)(c1ccccn1)N1CCC(N)CC1. The lowest BCUT2D eigenvalue weighted by Crippen LogP contribution is -2.54. The highest BCUT2D eigenvalue weighted by Crippen LogP contribution is 2.29. The van der Waals surface area contributed by atoms with E-state index in [1.807, 2.05) is 11.0 Å². The first kappa shape index (κ1) is 13.0. The van der Waals surface area contributed by atoms with Crippen molar-refractivity contribution >= 4 is 5.97 Å². The second-order valence-electron chi connectivity index (χ2n) is 4.92. The van der Waals surface area contributed by atoms with Crippen molar-refractivity contribution in [3.63, 3.8) is 0 Å². The molecule has 1 aliphatic rings. The van der Waals surface area contributed by atoms with Crippen LogP contribution in [0.15, 0.2) is 24.4 Å². The fourth-order valence-corrected chi connectivity index (χ4v) is 2.40. The van der Waals surface area contributed by atoms with Crippen molar-refractivity contribution in [1.82, 2.24) is 9.88 Å². The van der Waals surface area contributed by atoms with Gasteiger partial charge >= 0.3 is 5.97 Å². The molecule has 0 aromatic carbocycles. The lowest BCUT2D eigenvalue weighted by atomic mass is 9.91. The van der Waals surface area contributed by atoms with E-state index in [-0.39, 0.29) is 6.04 Å². The molecule has 2 rings (SSSR count). The van der Waals surface area contributed by atoms with Crippen LogP contribution < -0.4 is 5.73 Å². The molecule has 1 aromatic heterocycles. The maximum atomic E-state index is 11.7. The predicted molar refractivity (Wildman–Crippen MR) is 68.0 cm³/mol. The van der Waals surface area contributed by atoms with E-state index in [1.54, 1.807) is 25.3 Å². The quantitative estimate of drug-likeness (QED) is 0.828. The van der Waals surface area contributed by atoms with E-state index in [2.05, 4.69) is 4.98 Å². The Morgan fingerprint density at radius 2 is 2.17 bits per heavy atom. The largest absolute Gasteiger partial charge is 0.480 e. The van der Waals surface area contributed by atoms with Gasteiger partial charge < -0.3 is 10.8 Å². The van der Waals surface area contributed by atoms with E-state index >= 15 is 0 Å². The zero-order valence-corrected chi connectivity index (χ0v) is 10.5. The molecule has 18 heavy (non-hydrogen) atoms. The van der Waals surface area contributed by atoms with E-state index in [0.717, 1.165) is 12.8 Å². The van der Waals surface area contributed by atoms with Gasteiger partial charge in [0.1, 0.15) is 0 Å². The van der Waals surface area contributed by atoms with Crippen molar-refractivity contribution in [2.75, 3.05) is 13.1 Å². The van der Waals surface area contributed by atoms with Crippen LogP contribution in [0.3, 0.4) is 0 Å². The molecule has 1 atom stereocenters. The Balaban J connectivity index is 2.30. The number of aliphatic carboxylic acids is 1. The fraction of sp³-hybridized carbons (Fsp3) is 0.538. The lowest BCUT2D eigenvalue weighted by molar-refractivity contribution is -0.152. The van der Waals surface area contributed by atoms with Crippen LogP contribution in [-0.2, 0) is 10.3 Å². The second kappa shape index (κ2) is 5.04. The summed E-state index contributed by atoms with van der Waals surface area (Å²) in [5, 5.41) is 9.59. The van der Waals surface area contributed by atoms with Crippen LogP contribution in [-0.4, -0.2) is 40.1 Å². The van der Waals surface area contributed by atoms with Gasteiger partial charge in [0.25, 0.3) is 0 Å². The molecule has 1 unspecified atom stereocenters. The highest BCUT2D eigenvalue weighted by atomic mass is 16.4. The number of rotatable bonds is 3. The summed E-state index contributed by atoms with van der Waals surface area (Å²) in [6, 6.07) is 5.56. The van der Waals surface area contributed by atoms with Crippen LogP contribution in [0.25, 0.3) is 0 Å². The van der Waals surface area contributed by atoms with Gasteiger partial charge in [-0.25, -0.2) is 4.79 Å². The molecule has 1 aliphatic heterocycles. The highest BCUT2D eigenvalue weighted by Gasteiger charge is 2.43. The molecular weight excluding hydrogens is 230 g/mol. The molecule has 5 nitrogen and oxygen atoms in total. The van der Waals surface area contributed by atoms with Gasteiger partial charge in [-0.3, -0.25) is 9.88 Å². The maximum absolute atomic E-state index is 11.7. The second-order valence-corrected chi connectivity index (χ2v) is 4.92. The minimum absolute atomic E-state index is 0.183. The van der Waals surface area contributed by atoms with E-state index < -0.39 is 11.5 Å². The van der Waals surface area contributed by atoms with Gasteiger partial charge in [0, 0.05) is 25.3 Å². The number of piperidine rings is 1. The van der Waals surface area contributed by atoms with Gasteiger partial charge in [0.2, 0.25) is 0 Å². The van der Waals surface area contributed by atoms with Gasteiger partial charge in [-0.15, -0.1) is 0 Å². The Bertz CT molecular complexity index is 416. The number of nitrogens with zero attached hydrogens (tertiary/aromatic N) is 2. The molecule has 1 aromatic rings. The van der Waals surface area contributed by atoms with Crippen molar-refractivity contribution in [2.24, 2.45) is 5.73 Å². The van der Waals surface area contributed by atoms with Gasteiger partial charge in [-0.1, -0.05) is 6.07 Å². The zero-order chi connectivity index (χ0) is 13.2. The molecule has 0 aliphatic carbocycles. The molecule has 0 radical (unpaired) electrons. The van der Waals surface area contributed by atoms with Crippen molar-refractivity contribution in [3.05, 3.63) is 30.1 Å². The van der Waals surface area contributed by atoms with Gasteiger partial charge in [0.05, 0.1) is 5.69 Å². The summed E-state index contributed by atoms with van der Waals surface area (Å²) < 4.78 is 0. The third-order valence-electron chi connectivity index (χ3n) is 3.75. The zero-order valence-electron chi connectivity index (χ0n) is 10.5. The van der Waals surface area contributed by atoms with Gasteiger partial charge in [-0.2, -0.15) is 0 Å². The molecular formula is C13H19N3O2. The van der Waals surface area contributed by atoms with Crippen molar-refractivity contribution in [1.29, 1.82) is 0 Å². The molecule has 5 heteroatoms. The summed E-state index contributed by atoms with van der Waals surface area (Å²) >= 11 is 0. The van der Waals surface area contributed by atoms with E-state index in [4.69, 9.17) is 5.73 Å². The number of nitrogens with two attached hydrogens (primary N) is 1. The molecule has 0 amide bonds. The average molecular weight is 249 g/mol. The Kier molecular flexibility index (Phi) is 3.63. The summed E-state index contributed by atoms with van der Waals surface area (Å²) in [7, 11) is 0. The molecule has 0 saturated carbocycles. The standard InChI is InChI=1S/C13H19N3O2/c1-13(12(17)18,11-4-2-3-7-15-11)16-8-5-10(14)6-9-16/h2-4,7,10H,5-6,8-9,14H2,1H3,(H,17,18). The van der Waals surface area contributed by atoms with Crippen molar-refractivity contribution < 1.29 is 9.90 Å². The summed E-state index contributed by atoms with van der Waals surface area (Å²) in [4.78, 5) is 17.9. The monoisotopic (exact) mass is 249 g/mol. The lowest BCUT2D eigenvalue weighted by Gasteiger charge is -2.41. The van der Waals surface area contributed by atoms with Gasteiger partial charge in [0.15, 0.2) is 5.54 Å². The number of pyridine rings is 1. The van der Waals surface area contributed by atoms with Gasteiger partial charge in [-0.05, 0) is 31.9 Å². The first-order valence-corrected chi connectivity index (χ1v) is 6.20. The van der Waals surface area contributed by atoms with Crippen molar-refractivity contribution in [3.8, 4) is 0 Å². The number of hydrogen-bond acceptors (Lipinski definition) is 4. The van der Waals surface area contributed by atoms with E-state index in [1.165, 1.54) is 0 Å². The molecule has 98 valence electrons. The van der Waals surface area contributed by atoms with Crippen LogP contribution in [0.5, 0.6) is 0 Å². The summed E-state index contributed by atoms with van der Waals surface area (Å²) in [6.45, 7) is 3.11. The first-order valence-electron chi connectivity index (χ1n) is 6.20. The number of aromatic nitrogens is 1. The van der Waals surface area contributed by atoms with Crippen molar-refractivity contribution in [2.45, 2.75) is 31.3 Å².